The van der Waals surface area contributed by atoms with Crippen LogP contribution in [0.2, 0.25) is 0 Å². The number of hydrogen-bond acceptors (Lipinski definition) is 3. The van der Waals surface area contributed by atoms with Gasteiger partial charge in [0.25, 0.3) is 5.91 Å². The molecule has 0 radical (unpaired) electrons. The fraction of sp³-hybridized carbons (Fsp3) is 0.250. The molecule has 1 heterocycles. The number of aromatic nitrogens is 1. The number of hydrogen-bond donors (Lipinski definition) is 2. The van der Waals surface area contributed by atoms with Crippen molar-refractivity contribution in [2.75, 3.05) is 0 Å². The van der Waals surface area contributed by atoms with Crippen LogP contribution >= 0.6 is 0 Å². The largest absolute Gasteiger partial charge is 0.288 e. The van der Waals surface area contributed by atoms with Crippen LogP contribution in [0.5, 0.6) is 0 Å². The Kier molecular flexibility index (Phi) is 3.48. The number of aryl methyl sites for hydroxylation is 1. The molecule has 1 aliphatic carbocycles. The Hall–Kier alpha value is -2.20. The van der Waals surface area contributed by atoms with Crippen LogP contribution in [-0.2, 0) is 12.8 Å². The summed E-state index contributed by atoms with van der Waals surface area (Å²) in [5, 5.41) is 8.72. The van der Waals surface area contributed by atoms with E-state index in [2.05, 4.69) is 17.1 Å². The molecule has 1 aliphatic rings. The van der Waals surface area contributed by atoms with Gasteiger partial charge in [0.15, 0.2) is 0 Å². The number of pyridine rings is 1. The number of nitrogens with one attached hydrogen (secondary N) is 1. The van der Waals surface area contributed by atoms with Crippen molar-refractivity contribution < 1.29 is 10.0 Å². The van der Waals surface area contributed by atoms with Crippen molar-refractivity contribution in [3.63, 3.8) is 0 Å². The first-order chi connectivity index (χ1) is 9.78. The fourth-order valence-corrected chi connectivity index (χ4v) is 2.88. The molecule has 2 N–H and O–H groups in total. The van der Waals surface area contributed by atoms with Gasteiger partial charge in [-0.3, -0.25) is 15.0 Å². The smallest absolute Gasteiger partial charge is 0.274 e. The number of rotatable bonds is 2. The maximum Gasteiger partial charge on any atom is 0.274 e. The molecule has 4 nitrogen and oxygen atoms in total. The highest BCUT2D eigenvalue weighted by molar-refractivity contribution is 5.93. The van der Waals surface area contributed by atoms with Crippen LogP contribution in [0.1, 0.15) is 39.4 Å². The van der Waals surface area contributed by atoms with Gasteiger partial charge in [0, 0.05) is 18.0 Å². The Balaban J connectivity index is 1.88. The maximum absolute atomic E-state index is 11.5. The van der Waals surface area contributed by atoms with E-state index >= 15 is 0 Å². The van der Waals surface area contributed by atoms with Crippen LogP contribution < -0.4 is 5.48 Å². The fourth-order valence-electron chi connectivity index (χ4n) is 2.88. The molecule has 0 saturated heterocycles. The molecule has 1 atom stereocenters. The normalized spacial score (nSPS) is 17.4. The van der Waals surface area contributed by atoms with E-state index in [4.69, 9.17) is 5.21 Å². The van der Waals surface area contributed by atoms with E-state index < -0.39 is 5.91 Å². The molecule has 20 heavy (non-hydrogen) atoms. The molecule has 4 heteroatoms. The van der Waals surface area contributed by atoms with Crippen molar-refractivity contribution in [1.29, 1.82) is 0 Å². The highest BCUT2D eigenvalue weighted by atomic mass is 16.5. The summed E-state index contributed by atoms with van der Waals surface area (Å²) in [7, 11) is 0. The molecule has 0 saturated carbocycles. The second-order valence-corrected chi connectivity index (χ2v) is 5.14. The lowest BCUT2D eigenvalue weighted by molar-refractivity contribution is 0.0706. The average Bonchev–Trinajstić information content (AvgIpc) is 2.54. The average molecular weight is 268 g/mol. The zero-order valence-corrected chi connectivity index (χ0v) is 11.0. The van der Waals surface area contributed by atoms with Gasteiger partial charge < -0.3 is 0 Å². The first-order valence-electron chi connectivity index (χ1n) is 6.74. The molecule has 1 aromatic carbocycles. The van der Waals surface area contributed by atoms with Crippen LogP contribution in [0.15, 0.2) is 42.7 Å². The van der Waals surface area contributed by atoms with Gasteiger partial charge >= 0.3 is 0 Å². The summed E-state index contributed by atoms with van der Waals surface area (Å²) >= 11 is 0. The second kappa shape index (κ2) is 5.43. The Labute approximate surface area is 117 Å². The van der Waals surface area contributed by atoms with Crippen LogP contribution in [0, 0.1) is 0 Å². The number of carbonyl (C=O) groups is 1. The Morgan fingerprint density at radius 3 is 2.75 bits per heavy atom. The monoisotopic (exact) mass is 268 g/mol. The van der Waals surface area contributed by atoms with E-state index in [1.165, 1.54) is 16.7 Å². The van der Waals surface area contributed by atoms with Gasteiger partial charge in [0.2, 0.25) is 0 Å². The zero-order valence-electron chi connectivity index (χ0n) is 11.0. The number of carbonyl (C=O) groups excluding carboxylic acids is 1. The summed E-state index contributed by atoms with van der Waals surface area (Å²) in [6.07, 6.45) is 6.69. The lowest BCUT2D eigenvalue weighted by Gasteiger charge is -2.25. The first kappa shape index (κ1) is 12.8. The second-order valence-electron chi connectivity index (χ2n) is 5.14. The van der Waals surface area contributed by atoms with Crippen molar-refractivity contribution in [1.82, 2.24) is 10.5 Å². The van der Waals surface area contributed by atoms with E-state index in [9.17, 15) is 4.79 Å². The molecule has 102 valence electrons. The topological polar surface area (TPSA) is 62.2 Å². The van der Waals surface area contributed by atoms with E-state index in [1.807, 2.05) is 24.5 Å². The summed E-state index contributed by atoms with van der Waals surface area (Å²) in [6.45, 7) is 0. The van der Waals surface area contributed by atoms with Gasteiger partial charge in [-0.25, -0.2) is 5.48 Å². The van der Waals surface area contributed by atoms with Gasteiger partial charge in [-0.2, -0.15) is 0 Å². The molecular formula is C16H16N2O2. The van der Waals surface area contributed by atoms with E-state index in [1.54, 1.807) is 11.5 Å². The number of fused-ring (bicyclic) bond motifs is 1. The molecule has 0 bridgehead atoms. The van der Waals surface area contributed by atoms with Crippen molar-refractivity contribution in [3.05, 3.63) is 65.0 Å². The minimum atomic E-state index is -0.459. The number of nitrogens with zero attached hydrogens (tertiary/aromatic N) is 1. The predicted molar refractivity (Wildman–Crippen MR) is 74.7 cm³/mol. The van der Waals surface area contributed by atoms with Gasteiger partial charge in [-0.15, -0.1) is 0 Å². The van der Waals surface area contributed by atoms with Gasteiger partial charge in [0.1, 0.15) is 0 Å². The minimum absolute atomic E-state index is 0.459. The third kappa shape index (κ3) is 2.42. The van der Waals surface area contributed by atoms with Crippen LogP contribution in [-0.4, -0.2) is 16.1 Å². The SMILES string of the molecule is O=C(NO)c1ccc2c(c1)CC(c1ccncc1)CC2. The van der Waals surface area contributed by atoms with E-state index in [-0.39, 0.29) is 0 Å². The van der Waals surface area contributed by atoms with Gasteiger partial charge in [-0.05, 0) is 66.1 Å². The highest BCUT2D eigenvalue weighted by Gasteiger charge is 2.21. The van der Waals surface area contributed by atoms with Crippen molar-refractivity contribution in [2.24, 2.45) is 0 Å². The van der Waals surface area contributed by atoms with Crippen molar-refractivity contribution >= 4 is 5.91 Å². The van der Waals surface area contributed by atoms with Crippen LogP contribution in [0.4, 0.5) is 0 Å². The molecule has 1 aromatic heterocycles. The lowest BCUT2D eigenvalue weighted by atomic mass is 9.80. The Bertz CT molecular complexity index is 626. The molecule has 0 aliphatic heterocycles. The molecule has 1 amide bonds. The number of hydroxylamine groups is 1. The zero-order chi connectivity index (χ0) is 13.9. The van der Waals surface area contributed by atoms with E-state index in [0.717, 1.165) is 19.3 Å². The summed E-state index contributed by atoms with van der Waals surface area (Å²) in [4.78, 5) is 15.5. The standard InChI is InChI=1S/C16H16N2O2/c19-16(18-20)14-4-2-11-1-3-13(9-15(11)10-14)12-5-7-17-8-6-12/h2,4-8,10,13,20H,1,3,9H2,(H,18,19). The molecule has 1 unspecified atom stereocenters. The van der Waals surface area contributed by atoms with Gasteiger partial charge in [0.05, 0.1) is 0 Å². The summed E-state index contributed by atoms with van der Waals surface area (Å²) in [5.74, 6) is 0.0109. The molecule has 0 spiro atoms. The molecule has 0 fully saturated rings. The molecule has 2 aromatic rings. The van der Waals surface area contributed by atoms with E-state index in [0.29, 0.717) is 11.5 Å². The summed E-state index contributed by atoms with van der Waals surface area (Å²) in [6, 6.07) is 9.74. The molecular weight excluding hydrogens is 252 g/mol. The van der Waals surface area contributed by atoms with Crippen LogP contribution in [0.3, 0.4) is 0 Å². The molecule has 3 rings (SSSR count). The maximum atomic E-state index is 11.5. The Morgan fingerprint density at radius 2 is 2.00 bits per heavy atom. The minimum Gasteiger partial charge on any atom is -0.288 e. The first-order valence-corrected chi connectivity index (χ1v) is 6.74. The Morgan fingerprint density at radius 1 is 1.20 bits per heavy atom. The third-order valence-corrected chi connectivity index (χ3v) is 3.98. The highest BCUT2D eigenvalue weighted by Crippen LogP contribution is 2.32. The predicted octanol–water partition coefficient (Wildman–Crippen LogP) is 2.47. The van der Waals surface area contributed by atoms with Crippen molar-refractivity contribution in [3.8, 4) is 0 Å². The van der Waals surface area contributed by atoms with Crippen LogP contribution in [0.25, 0.3) is 0 Å². The van der Waals surface area contributed by atoms with Crippen molar-refractivity contribution in [2.45, 2.75) is 25.2 Å². The summed E-state index contributed by atoms with van der Waals surface area (Å²) < 4.78 is 0. The lowest BCUT2D eigenvalue weighted by Crippen LogP contribution is -2.20. The number of amides is 1. The quantitative estimate of drug-likeness (QED) is 0.649. The number of benzene rings is 1. The summed E-state index contributed by atoms with van der Waals surface area (Å²) in [5.41, 5.74) is 5.97. The third-order valence-electron chi connectivity index (χ3n) is 3.98. The van der Waals surface area contributed by atoms with Gasteiger partial charge in [-0.1, -0.05) is 6.07 Å².